The second kappa shape index (κ2) is 7.82. The number of para-hydroxylation sites is 1. The van der Waals surface area contributed by atoms with Gasteiger partial charge in [0, 0.05) is 38.2 Å². The third-order valence-corrected chi connectivity index (χ3v) is 5.74. The highest BCUT2D eigenvalue weighted by molar-refractivity contribution is 5.92. The number of amides is 1. The summed E-state index contributed by atoms with van der Waals surface area (Å²) in [6, 6.07) is 13.8. The summed E-state index contributed by atoms with van der Waals surface area (Å²) in [5.74, 6) is 1.01. The van der Waals surface area contributed by atoms with Gasteiger partial charge in [-0.15, -0.1) is 5.10 Å². The third-order valence-electron chi connectivity index (χ3n) is 5.74. The van der Waals surface area contributed by atoms with Gasteiger partial charge in [-0.25, -0.2) is 9.36 Å². The molecule has 0 spiro atoms. The Kier molecular flexibility index (Phi) is 4.85. The zero-order chi connectivity index (χ0) is 21.4. The van der Waals surface area contributed by atoms with Crippen LogP contribution in [0.4, 0.5) is 5.82 Å². The first kappa shape index (κ1) is 19.2. The Morgan fingerprint density at radius 2 is 1.68 bits per heavy atom. The molecule has 1 aliphatic carbocycles. The highest BCUT2D eigenvalue weighted by atomic mass is 16.2. The van der Waals surface area contributed by atoms with Gasteiger partial charge in [0.2, 0.25) is 0 Å². The van der Waals surface area contributed by atoms with Crippen molar-refractivity contribution in [3.8, 4) is 5.69 Å². The fraction of sp³-hybridized carbons (Fsp3) is 0.318. The lowest BCUT2D eigenvalue weighted by Gasteiger charge is -2.35. The van der Waals surface area contributed by atoms with Crippen molar-refractivity contribution >= 4 is 11.7 Å². The number of anilines is 1. The maximum atomic E-state index is 12.9. The van der Waals surface area contributed by atoms with Gasteiger partial charge in [-0.1, -0.05) is 18.2 Å². The standard InChI is InChI=1S/C22H22N6O3/c29-20-14-18(23-22(31)28(20)16-4-2-1-3-5-16)21(30)27-12-10-26(11-13-27)19-9-8-17(24-25-19)15-6-7-15/h1-5,8-9,14-15H,6-7,10-13H2,(H,23,31). The van der Waals surface area contributed by atoms with Gasteiger partial charge in [-0.2, -0.15) is 5.10 Å². The lowest BCUT2D eigenvalue weighted by molar-refractivity contribution is 0.0739. The lowest BCUT2D eigenvalue weighted by atomic mass is 10.2. The number of benzene rings is 1. The summed E-state index contributed by atoms with van der Waals surface area (Å²) in [6.07, 6.45) is 2.37. The van der Waals surface area contributed by atoms with E-state index in [1.807, 2.05) is 12.1 Å². The molecule has 0 bridgehead atoms. The molecule has 2 fully saturated rings. The van der Waals surface area contributed by atoms with Gasteiger partial charge in [0.1, 0.15) is 5.69 Å². The molecule has 0 unspecified atom stereocenters. The highest BCUT2D eigenvalue weighted by Crippen LogP contribution is 2.38. The van der Waals surface area contributed by atoms with E-state index in [0.29, 0.717) is 37.8 Å². The normalized spacial score (nSPS) is 16.4. The molecule has 1 saturated carbocycles. The fourth-order valence-electron chi connectivity index (χ4n) is 3.84. The van der Waals surface area contributed by atoms with Crippen LogP contribution >= 0.6 is 0 Å². The first-order valence-corrected chi connectivity index (χ1v) is 10.4. The van der Waals surface area contributed by atoms with Crippen LogP contribution in [0.15, 0.2) is 58.1 Å². The summed E-state index contributed by atoms with van der Waals surface area (Å²) in [5, 5.41) is 8.66. The summed E-state index contributed by atoms with van der Waals surface area (Å²) in [5.41, 5.74) is 0.334. The average Bonchev–Trinajstić information content (AvgIpc) is 3.65. The molecule has 31 heavy (non-hydrogen) atoms. The number of rotatable bonds is 4. The Morgan fingerprint density at radius 3 is 2.29 bits per heavy atom. The highest BCUT2D eigenvalue weighted by Gasteiger charge is 2.27. The van der Waals surface area contributed by atoms with E-state index in [1.54, 1.807) is 35.2 Å². The molecule has 0 atom stereocenters. The van der Waals surface area contributed by atoms with E-state index >= 15 is 0 Å². The molecule has 9 nitrogen and oxygen atoms in total. The van der Waals surface area contributed by atoms with Crippen LogP contribution in [0, 0.1) is 0 Å². The van der Waals surface area contributed by atoms with Crippen LogP contribution in [0.25, 0.3) is 5.69 Å². The number of carbonyl (C=O) groups is 1. The predicted molar refractivity (Wildman–Crippen MR) is 115 cm³/mol. The third kappa shape index (κ3) is 3.86. The Hall–Kier alpha value is -3.75. The second-order valence-corrected chi connectivity index (χ2v) is 7.87. The zero-order valence-electron chi connectivity index (χ0n) is 16.9. The zero-order valence-corrected chi connectivity index (χ0v) is 16.9. The SMILES string of the molecule is O=C(c1cc(=O)n(-c2ccccc2)c(=O)[nH]1)N1CCN(c2ccc(C3CC3)nn2)CC1. The van der Waals surface area contributed by atoms with Gasteiger partial charge in [-0.05, 0) is 37.1 Å². The molecular formula is C22H22N6O3. The molecule has 1 saturated heterocycles. The molecule has 1 N–H and O–H groups in total. The molecular weight excluding hydrogens is 396 g/mol. The molecule has 3 aromatic rings. The second-order valence-electron chi connectivity index (χ2n) is 7.87. The number of carbonyl (C=O) groups excluding carboxylic acids is 1. The predicted octanol–water partition coefficient (Wildman–Crippen LogP) is 1.16. The van der Waals surface area contributed by atoms with E-state index in [-0.39, 0.29) is 11.6 Å². The Bertz CT molecular complexity index is 1180. The smallest absolute Gasteiger partial charge is 0.333 e. The first-order chi connectivity index (χ1) is 15.1. The minimum absolute atomic E-state index is 0.00390. The number of aromatic amines is 1. The number of piperazine rings is 1. The van der Waals surface area contributed by atoms with Gasteiger partial charge in [0.15, 0.2) is 5.82 Å². The molecule has 1 aliphatic heterocycles. The monoisotopic (exact) mass is 418 g/mol. The van der Waals surface area contributed by atoms with Crippen molar-refractivity contribution in [1.29, 1.82) is 0 Å². The summed E-state index contributed by atoms with van der Waals surface area (Å²) in [6.45, 7) is 2.15. The van der Waals surface area contributed by atoms with Gasteiger partial charge in [0.05, 0.1) is 11.4 Å². The number of H-pyrrole nitrogens is 1. The van der Waals surface area contributed by atoms with Crippen LogP contribution in [0.1, 0.15) is 34.9 Å². The number of aromatic nitrogens is 4. The van der Waals surface area contributed by atoms with Gasteiger partial charge in [0.25, 0.3) is 11.5 Å². The number of hydrogen-bond donors (Lipinski definition) is 1. The molecule has 158 valence electrons. The minimum atomic E-state index is -0.633. The minimum Gasteiger partial charge on any atom is -0.352 e. The summed E-state index contributed by atoms with van der Waals surface area (Å²) in [7, 11) is 0. The Balaban J connectivity index is 1.28. The molecule has 2 aliphatic rings. The van der Waals surface area contributed by atoms with Crippen molar-refractivity contribution in [3.63, 3.8) is 0 Å². The molecule has 5 rings (SSSR count). The maximum absolute atomic E-state index is 12.9. The van der Waals surface area contributed by atoms with Crippen molar-refractivity contribution < 1.29 is 4.79 Å². The lowest BCUT2D eigenvalue weighted by Crippen LogP contribution is -2.50. The number of nitrogens with zero attached hydrogens (tertiary/aromatic N) is 5. The first-order valence-electron chi connectivity index (χ1n) is 10.4. The fourth-order valence-corrected chi connectivity index (χ4v) is 3.84. The van der Waals surface area contributed by atoms with E-state index in [1.165, 1.54) is 18.9 Å². The topological polar surface area (TPSA) is 104 Å². The molecule has 3 heterocycles. The van der Waals surface area contributed by atoms with Crippen LogP contribution in [0.5, 0.6) is 0 Å². The van der Waals surface area contributed by atoms with E-state index in [4.69, 9.17) is 0 Å². The molecule has 0 radical (unpaired) electrons. The van der Waals surface area contributed by atoms with Crippen molar-refractivity contribution in [3.05, 3.63) is 80.8 Å². The van der Waals surface area contributed by atoms with Gasteiger partial charge >= 0.3 is 5.69 Å². The van der Waals surface area contributed by atoms with E-state index in [9.17, 15) is 14.4 Å². The van der Waals surface area contributed by atoms with Crippen LogP contribution in [-0.2, 0) is 0 Å². The Labute approximate surface area is 178 Å². The number of hydrogen-bond acceptors (Lipinski definition) is 6. The van der Waals surface area contributed by atoms with Crippen LogP contribution in [0.2, 0.25) is 0 Å². The van der Waals surface area contributed by atoms with E-state index in [2.05, 4.69) is 20.1 Å². The van der Waals surface area contributed by atoms with Crippen LogP contribution < -0.4 is 16.1 Å². The van der Waals surface area contributed by atoms with Gasteiger partial charge in [-0.3, -0.25) is 9.59 Å². The van der Waals surface area contributed by atoms with Crippen LogP contribution in [0.3, 0.4) is 0 Å². The maximum Gasteiger partial charge on any atom is 0.333 e. The van der Waals surface area contributed by atoms with E-state index < -0.39 is 11.2 Å². The molecule has 1 aromatic carbocycles. The summed E-state index contributed by atoms with van der Waals surface area (Å²) in [4.78, 5) is 44.2. The van der Waals surface area contributed by atoms with Crippen molar-refractivity contribution in [2.45, 2.75) is 18.8 Å². The Morgan fingerprint density at radius 1 is 0.935 bits per heavy atom. The molecule has 1 amide bonds. The van der Waals surface area contributed by atoms with E-state index in [0.717, 1.165) is 16.1 Å². The van der Waals surface area contributed by atoms with Crippen molar-refractivity contribution in [2.24, 2.45) is 0 Å². The quantitative estimate of drug-likeness (QED) is 0.682. The summed E-state index contributed by atoms with van der Waals surface area (Å²) >= 11 is 0. The molecule has 2 aromatic heterocycles. The number of nitrogens with one attached hydrogen (secondary N) is 1. The van der Waals surface area contributed by atoms with Crippen molar-refractivity contribution in [2.75, 3.05) is 31.1 Å². The largest absolute Gasteiger partial charge is 0.352 e. The van der Waals surface area contributed by atoms with Gasteiger partial charge < -0.3 is 14.8 Å². The van der Waals surface area contributed by atoms with Crippen LogP contribution in [-0.4, -0.2) is 56.7 Å². The molecule has 9 heteroatoms. The van der Waals surface area contributed by atoms with Crippen molar-refractivity contribution in [1.82, 2.24) is 24.6 Å². The average molecular weight is 418 g/mol. The summed E-state index contributed by atoms with van der Waals surface area (Å²) < 4.78 is 1.01.